The zero-order valence-electron chi connectivity index (χ0n) is 15.3. The first kappa shape index (κ1) is 18.0. The molecule has 2 aromatic carbocycles. The second kappa shape index (κ2) is 7.69. The fraction of sp³-hybridized carbons (Fsp3) is 0.273. The summed E-state index contributed by atoms with van der Waals surface area (Å²) >= 11 is 3.59. The van der Waals surface area contributed by atoms with Crippen molar-refractivity contribution in [2.24, 2.45) is 0 Å². The highest BCUT2D eigenvalue weighted by Gasteiger charge is 2.22. The Labute approximate surface area is 167 Å². The van der Waals surface area contributed by atoms with Crippen molar-refractivity contribution >= 4 is 38.6 Å². The molecule has 0 saturated carbocycles. The van der Waals surface area contributed by atoms with Crippen LogP contribution in [0.3, 0.4) is 0 Å². The van der Waals surface area contributed by atoms with Gasteiger partial charge in [-0.2, -0.15) is 0 Å². The lowest BCUT2D eigenvalue weighted by atomic mass is 10.0. The van der Waals surface area contributed by atoms with Crippen LogP contribution in [0.2, 0.25) is 0 Å². The van der Waals surface area contributed by atoms with Gasteiger partial charge in [0.2, 0.25) is 0 Å². The van der Waals surface area contributed by atoms with Crippen molar-refractivity contribution in [1.82, 2.24) is 10.3 Å². The Hall–Kier alpha value is -2.40. The summed E-state index contributed by atoms with van der Waals surface area (Å²) in [6, 6.07) is 18.3. The number of benzene rings is 2. The van der Waals surface area contributed by atoms with Gasteiger partial charge in [0.25, 0.3) is 5.91 Å². The number of carbonyl (C=O) groups is 1. The monoisotopic (exact) mass is 423 g/mol. The molecule has 1 aromatic heterocycles. The first-order valence-corrected chi connectivity index (χ1v) is 10.1. The average Bonchev–Trinajstić information content (AvgIpc) is 2.69. The van der Waals surface area contributed by atoms with E-state index in [4.69, 9.17) is 4.98 Å². The molecule has 0 aliphatic carbocycles. The number of piperidine rings is 1. The van der Waals surface area contributed by atoms with Crippen molar-refractivity contribution in [3.63, 3.8) is 0 Å². The Morgan fingerprint density at radius 2 is 1.85 bits per heavy atom. The number of carbonyl (C=O) groups excluding carboxylic acids is 1. The Balaban J connectivity index is 1.41. The van der Waals surface area contributed by atoms with Crippen LogP contribution >= 0.6 is 15.9 Å². The molecule has 0 radical (unpaired) electrons. The number of halogens is 1. The molecule has 1 amide bonds. The van der Waals surface area contributed by atoms with E-state index in [-0.39, 0.29) is 11.9 Å². The summed E-state index contributed by atoms with van der Waals surface area (Å²) in [5.41, 5.74) is 2.77. The summed E-state index contributed by atoms with van der Waals surface area (Å²) in [6.07, 6.45) is 1.85. The van der Waals surface area contributed by atoms with Gasteiger partial charge >= 0.3 is 0 Å². The van der Waals surface area contributed by atoms with Crippen LogP contribution in [0.1, 0.15) is 28.8 Å². The standard InChI is InChI=1S/C22H22BrN3O/c1-15-5-2-3-7-18(15)22(27)24-17-11-13-26(14-12-17)20-10-9-16-6-4-8-19(23)21(16)25-20/h2-10,17H,11-14H2,1H3,(H,24,27). The second-order valence-corrected chi connectivity index (χ2v) is 7.89. The minimum absolute atomic E-state index is 0.0271. The number of nitrogens with zero attached hydrogens (tertiary/aromatic N) is 2. The van der Waals surface area contributed by atoms with Crippen molar-refractivity contribution in [2.75, 3.05) is 18.0 Å². The zero-order valence-corrected chi connectivity index (χ0v) is 16.9. The predicted octanol–water partition coefficient (Wildman–Crippen LogP) is 4.70. The van der Waals surface area contributed by atoms with E-state index in [1.54, 1.807) is 0 Å². The van der Waals surface area contributed by atoms with Gasteiger partial charge < -0.3 is 10.2 Å². The van der Waals surface area contributed by atoms with Gasteiger partial charge in [-0.15, -0.1) is 0 Å². The summed E-state index contributed by atoms with van der Waals surface area (Å²) < 4.78 is 1.02. The number of anilines is 1. The molecule has 1 aliphatic heterocycles. The number of aromatic nitrogens is 1. The van der Waals surface area contributed by atoms with Gasteiger partial charge in [0.1, 0.15) is 5.82 Å². The maximum Gasteiger partial charge on any atom is 0.251 e. The Bertz CT molecular complexity index is 980. The van der Waals surface area contributed by atoms with Crippen LogP contribution in [0.5, 0.6) is 0 Å². The fourth-order valence-corrected chi connectivity index (χ4v) is 4.09. The number of fused-ring (bicyclic) bond motifs is 1. The summed E-state index contributed by atoms with van der Waals surface area (Å²) in [7, 11) is 0. The maximum absolute atomic E-state index is 12.5. The van der Waals surface area contributed by atoms with Crippen LogP contribution in [0.4, 0.5) is 5.82 Å². The van der Waals surface area contributed by atoms with Gasteiger partial charge in [0, 0.05) is 34.6 Å². The topological polar surface area (TPSA) is 45.2 Å². The van der Waals surface area contributed by atoms with Gasteiger partial charge in [0.15, 0.2) is 0 Å². The molecule has 5 heteroatoms. The Morgan fingerprint density at radius 1 is 1.07 bits per heavy atom. The van der Waals surface area contributed by atoms with Gasteiger partial charge in [-0.3, -0.25) is 4.79 Å². The molecular formula is C22H22BrN3O. The van der Waals surface area contributed by atoms with Crippen LogP contribution in [-0.4, -0.2) is 30.0 Å². The highest BCUT2D eigenvalue weighted by Crippen LogP contribution is 2.26. The van der Waals surface area contributed by atoms with Crippen LogP contribution in [0, 0.1) is 6.92 Å². The molecule has 1 fully saturated rings. The molecule has 0 bridgehead atoms. The highest BCUT2D eigenvalue weighted by molar-refractivity contribution is 9.10. The number of hydrogen-bond donors (Lipinski definition) is 1. The van der Waals surface area contributed by atoms with Crippen LogP contribution in [-0.2, 0) is 0 Å². The number of aryl methyl sites for hydroxylation is 1. The van der Waals surface area contributed by atoms with Crippen molar-refractivity contribution in [2.45, 2.75) is 25.8 Å². The molecule has 4 nitrogen and oxygen atoms in total. The van der Waals surface area contributed by atoms with Crippen molar-refractivity contribution in [3.05, 3.63) is 70.2 Å². The molecule has 1 N–H and O–H groups in total. The summed E-state index contributed by atoms with van der Waals surface area (Å²) in [6.45, 7) is 3.75. The van der Waals surface area contributed by atoms with E-state index < -0.39 is 0 Å². The third-order valence-corrected chi connectivity index (χ3v) is 5.84. The van der Waals surface area contributed by atoms with Gasteiger partial charge in [-0.1, -0.05) is 30.3 Å². The number of nitrogens with one attached hydrogen (secondary N) is 1. The third-order valence-electron chi connectivity index (χ3n) is 5.20. The van der Waals surface area contributed by atoms with E-state index in [1.807, 2.05) is 43.3 Å². The van der Waals surface area contributed by atoms with E-state index in [2.05, 4.69) is 44.3 Å². The Morgan fingerprint density at radius 3 is 2.63 bits per heavy atom. The average molecular weight is 424 g/mol. The van der Waals surface area contributed by atoms with Gasteiger partial charge in [-0.05, 0) is 65.5 Å². The lowest BCUT2D eigenvalue weighted by molar-refractivity contribution is 0.0930. The smallest absolute Gasteiger partial charge is 0.251 e. The molecule has 1 aliphatic rings. The van der Waals surface area contributed by atoms with E-state index >= 15 is 0 Å². The van der Waals surface area contributed by atoms with E-state index in [1.165, 1.54) is 0 Å². The number of rotatable bonds is 3. The molecular weight excluding hydrogens is 402 g/mol. The molecule has 0 atom stereocenters. The van der Waals surface area contributed by atoms with E-state index in [9.17, 15) is 4.79 Å². The maximum atomic E-state index is 12.5. The molecule has 3 aromatic rings. The molecule has 4 rings (SSSR count). The molecule has 138 valence electrons. The van der Waals surface area contributed by atoms with Crippen molar-refractivity contribution < 1.29 is 4.79 Å². The number of amides is 1. The quantitative estimate of drug-likeness (QED) is 0.663. The van der Waals surface area contributed by atoms with Crippen LogP contribution in [0.25, 0.3) is 10.9 Å². The lowest BCUT2D eigenvalue weighted by Gasteiger charge is -2.33. The second-order valence-electron chi connectivity index (χ2n) is 7.03. The first-order valence-electron chi connectivity index (χ1n) is 9.28. The molecule has 2 heterocycles. The van der Waals surface area contributed by atoms with E-state index in [0.29, 0.717) is 0 Å². The lowest BCUT2D eigenvalue weighted by Crippen LogP contribution is -2.45. The number of hydrogen-bond acceptors (Lipinski definition) is 3. The highest BCUT2D eigenvalue weighted by atomic mass is 79.9. The van der Waals surface area contributed by atoms with Gasteiger partial charge in [0.05, 0.1) is 5.52 Å². The van der Waals surface area contributed by atoms with Crippen molar-refractivity contribution in [3.8, 4) is 0 Å². The summed E-state index contributed by atoms with van der Waals surface area (Å²) in [4.78, 5) is 19.7. The summed E-state index contributed by atoms with van der Waals surface area (Å²) in [5, 5.41) is 4.33. The van der Waals surface area contributed by atoms with Gasteiger partial charge in [-0.25, -0.2) is 4.98 Å². The van der Waals surface area contributed by atoms with Crippen LogP contribution in [0.15, 0.2) is 59.1 Å². The first-order chi connectivity index (χ1) is 13.1. The summed E-state index contributed by atoms with van der Waals surface area (Å²) in [5.74, 6) is 1.03. The SMILES string of the molecule is Cc1ccccc1C(=O)NC1CCN(c2ccc3cccc(Br)c3n2)CC1. The Kier molecular flexibility index (Phi) is 5.12. The van der Waals surface area contributed by atoms with Crippen molar-refractivity contribution in [1.29, 1.82) is 0 Å². The zero-order chi connectivity index (χ0) is 18.8. The molecule has 27 heavy (non-hydrogen) atoms. The molecule has 1 saturated heterocycles. The minimum Gasteiger partial charge on any atom is -0.356 e. The number of pyridine rings is 1. The number of para-hydroxylation sites is 1. The normalized spacial score (nSPS) is 15.1. The van der Waals surface area contributed by atoms with E-state index in [0.717, 1.165) is 58.3 Å². The molecule has 0 unspecified atom stereocenters. The third kappa shape index (κ3) is 3.83. The fourth-order valence-electron chi connectivity index (χ4n) is 3.62. The predicted molar refractivity (Wildman–Crippen MR) is 113 cm³/mol. The molecule has 0 spiro atoms. The largest absolute Gasteiger partial charge is 0.356 e. The van der Waals surface area contributed by atoms with Crippen LogP contribution < -0.4 is 10.2 Å². The minimum atomic E-state index is 0.0271.